The van der Waals surface area contributed by atoms with Crippen LogP contribution in [0.3, 0.4) is 0 Å². The van der Waals surface area contributed by atoms with Crippen LogP contribution in [0, 0.1) is 0 Å². The average molecular weight is 321 g/mol. The van der Waals surface area contributed by atoms with E-state index in [0.29, 0.717) is 18.7 Å². The zero-order chi connectivity index (χ0) is 16.9. The number of benzene rings is 1. The van der Waals surface area contributed by atoms with E-state index in [9.17, 15) is 9.90 Å². The van der Waals surface area contributed by atoms with Crippen LogP contribution in [0.2, 0.25) is 0 Å². The Hall–Kier alpha value is -1.63. The standard InChI is InChI=1S/C17H27N3O3/c1-19(2)12-17(22)8-10-20(13-17)9-3-11-23-15-6-4-14(5-7-15)16(18)21/h4-7,22H,3,8-13H2,1-2H3,(H2,18,21). The van der Waals surface area contributed by atoms with Crippen molar-refractivity contribution >= 4 is 5.91 Å². The fourth-order valence-corrected chi connectivity index (χ4v) is 3.04. The summed E-state index contributed by atoms with van der Waals surface area (Å²) in [7, 11) is 3.97. The van der Waals surface area contributed by atoms with E-state index in [4.69, 9.17) is 10.5 Å². The second-order valence-corrected chi connectivity index (χ2v) is 6.58. The number of nitrogens with two attached hydrogens (primary N) is 1. The predicted molar refractivity (Wildman–Crippen MR) is 89.6 cm³/mol. The summed E-state index contributed by atoms with van der Waals surface area (Å²) in [5.74, 6) is 0.302. The number of amides is 1. The van der Waals surface area contributed by atoms with Gasteiger partial charge in [0.1, 0.15) is 5.75 Å². The van der Waals surface area contributed by atoms with Crippen LogP contribution in [0.15, 0.2) is 24.3 Å². The first-order valence-electron chi connectivity index (χ1n) is 8.00. The highest BCUT2D eigenvalue weighted by Crippen LogP contribution is 2.22. The van der Waals surface area contributed by atoms with E-state index in [-0.39, 0.29) is 0 Å². The molecule has 6 nitrogen and oxygen atoms in total. The minimum Gasteiger partial charge on any atom is -0.494 e. The average Bonchev–Trinajstić information content (AvgIpc) is 2.84. The first-order valence-corrected chi connectivity index (χ1v) is 8.00. The summed E-state index contributed by atoms with van der Waals surface area (Å²) in [6, 6.07) is 6.84. The minimum absolute atomic E-state index is 0.434. The number of ether oxygens (including phenoxy) is 1. The molecule has 1 aromatic rings. The Kier molecular flexibility index (Phi) is 5.98. The van der Waals surface area contributed by atoms with Crippen LogP contribution in [0.1, 0.15) is 23.2 Å². The van der Waals surface area contributed by atoms with Gasteiger partial charge in [0, 0.05) is 31.7 Å². The van der Waals surface area contributed by atoms with Gasteiger partial charge in [-0.15, -0.1) is 0 Å². The first kappa shape index (κ1) is 17.7. The SMILES string of the molecule is CN(C)CC1(O)CCN(CCCOc2ccc(C(N)=O)cc2)C1. The highest BCUT2D eigenvalue weighted by atomic mass is 16.5. The number of hydrogen-bond donors (Lipinski definition) is 2. The maximum atomic E-state index is 11.0. The molecule has 0 bridgehead atoms. The smallest absolute Gasteiger partial charge is 0.248 e. The van der Waals surface area contributed by atoms with Gasteiger partial charge in [-0.1, -0.05) is 0 Å². The van der Waals surface area contributed by atoms with Crippen molar-refractivity contribution in [2.45, 2.75) is 18.4 Å². The van der Waals surface area contributed by atoms with Crippen LogP contribution in [0.4, 0.5) is 0 Å². The monoisotopic (exact) mass is 321 g/mol. The van der Waals surface area contributed by atoms with E-state index in [1.807, 2.05) is 19.0 Å². The molecule has 0 aromatic heterocycles. The van der Waals surface area contributed by atoms with Crippen LogP contribution in [-0.2, 0) is 0 Å². The third-order valence-corrected chi connectivity index (χ3v) is 4.05. The number of primary amides is 1. The lowest BCUT2D eigenvalue weighted by Crippen LogP contribution is -2.42. The number of carbonyl (C=O) groups is 1. The Morgan fingerprint density at radius 1 is 1.39 bits per heavy atom. The number of likely N-dealkylation sites (tertiary alicyclic amines) is 1. The summed E-state index contributed by atoms with van der Waals surface area (Å²) in [6.07, 6.45) is 1.72. The van der Waals surface area contributed by atoms with E-state index in [1.165, 1.54) is 0 Å². The van der Waals surface area contributed by atoms with E-state index < -0.39 is 11.5 Å². The second kappa shape index (κ2) is 7.77. The molecule has 128 valence electrons. The molecule has 1 heterocycles. The predicted octanol–water partition coefficient (Wildman–Crippen LogP) is 0.553. The van der Waals surface area contributed by atoms with E-state index in [1.54, 1.807) is 24.3 Å². The third kappa shape index (κ3) is 5.49. The molecule has 1 amide bonds. The van der Waals surface area contributed by atoms with Gasteiger partial charge in [0.15, 0.2) is 0 Å². The molecule has 0 aliphatic carbocycles. The van der Waals surface area contributed by atoms with E-state index in [2.05, 4.69) is 4.90 Å². The summed E-state index contributed by atoms with van der Waals surface area (Å²) in [5, 5.41) is 10.5. The molecule has 1 unspecified atom stereocenters. The van der Waals surface area contributed by atoms with Gasteiger partial charge in [0.2, 0.25) is 5.91 Å². The number of β-amino-alcohol motifs (C(OH)–C–C–N with tert-alkyl or cyclic N) is 1. The maximum Gasteiger partial charge on any atom is 0.248 e. The van der Waals surface area contributed by atoms with Crippen molar-refractivity contribution in [2.75, 3.05) is 46.9 Å². The molecular formula is C17H27N3O3. The van der Waals surface area contributed by atoms with Gasteiger partial charge in [-0.2, -0.15) is 0 Å². The van der Waals surface area contributed by atoms with Gasteiger partial charge in [-0.25, -0.2) is 0 Å². The zero-order valence-corrected chi connectivity index (χ0v) is 14.0. The van der Waals surface area contributed by atoms with Crippen LogP contribution >= 0.6 is 0 Å². The van der Waals surface area contributed by atoms with Gasteiger partial charge < -0.3 is 25.4 Å². The van der Waals surface area contributed by atoms with Crippen molar-refractivity contribution in [3.8, 4) is 5.75 Å². The first-order chi connectivity index (χ1) is 10.9. The number of hydrogen-bond acceptors (Lipinski definition) is 5. The summed E-state index contributed by atoms with van der Waals surface area (Å²) in [5.41, 5.74) is 5.09. The van der Waals surface area contributed by atoms with Crippen LogP contribution < -0.4 is 10.5 Å². The summed E-state index contributed by atoms with van der Waals surface area (Å²) >= 11 is 0. The van der Waals surface area contributed by atoms with Crippen molar-refractivity contribution in [3.05, 3.63) is 29.8 Å². The number of rotatable bonds is 8. The van der Waals surface area contributed by atoms with Gasteiger partial charge in [-0.05, 0) is 51.2 Å². The number of nitrogens with zero attached hydrogens (tertiary/aromatic N) is 2. The molecule has 2 rings (SSSR count). The summed E-state index contributed by atoms with van der Waals surface area (Å²) < 4.78 is 5.67. The van der Waals surface area contributed by atoms with Crippen molar-refractivity contribution in [2.24, 2.45) is 5.73 Å². The molecule has 3 N–H and O–H groups in total. The van der Waals surface area contributed by atoms with Crippen LogP contribution in [-0.4, -0.2) is 73.3 Å². The van der Waals surface area contributed by atoms with Gasteiger partial charge in [-0.3, -0.25) is 4.79 Å². The molecule has 0 saturated carbocycles. The van der Waals surface area contributed by atoms with Crippen LogP contribution in [0.5, 0.6) is 5.75 Å². The highest BCUT2D eigenvalue weighted by molar-refractivity contribution is 5.92. The lowest BCUT2D eigenvalue weighted by atomic mass is 10.0. The maximum absolute atomic E-state index is 11.0. The summed E-state index contributed by atoms with van der Waals surface area (Å²) in [4.78, 5) is 15.3. The Morgan fingerprint density at radius 3 is 2.70 bits per heavy atom. The third-order valence-electron chi connectivity index (χ3n) is 4.05. The fraction of sp³-hybridized carbons (Fsp3) is 0.588. The Bertz CT molecular complexity index is 518. The topological polar surface area (TPSA) is 79.0 Å². The highest BCUT2D eigenvalue weighted by Gasteiger charge is 2.35. The van der Waals surface area contributed by atoms with E-state index in [0.717, 1.165) is 38.2 Å². The molecule has 1 aliphatic heterocycles. The molecule has 6 heteroatoms. The molecule has 1 atom stereocenters. The minimum atomic E-state index is -0.588. The molecule has 1 aliphatic rings. The zero-order valence-electron chi connectivity index (χ0n) is 14.0. The van der Waals surface area contributed by atoms with E-state index >= 15 is 0 Å². The Morgan fingerprint density at radius 2 is 2.09 bits per heavy atom. The molecule has 1 fully saturated rings. The lowest BCUT2D eigenvalue weighted by molar-refractivity contribution is 0.0243. The number of aliphatic hydroxyl groups is 1. The fourth-order valence-electron chi connectivity index (χ4n) is 3.04. The van der Waals surface area contributed by atoms with Crippen molar-refractivity contribution in [1.29, 1.82) is 0 Å². The van der Waals surface area contributed by atoms with Crippen LogP contribution in [0.25, 0.3) is 0 Å². The van der Waals surface area contributed by atoms with Crippen molar-refractivity contribution in [3.63, 3.8) is 0 Å². The molecule has 0 radical (unpaired) electrons. The van der Waals surface area contributed by atoms with Crippen molar-refractivity contribution < 1.29 is 14.6 Å². The van der Waals surface area contributed by atoms with Gasteiger partial charge >= 0.3 is 0 Å². The Labute approximate surface area is 137 Å². The lowest BCUT2D eigenvalue weighted by Gasteiger charge is -2.26. The van der Waals surface area contributed by atoms with Crippen molar-refractivity contribution in [1.82, 2.24) is 9.80 Å². The molecule has 0 spiro atoms. The number of carbonyl (C=O) groups excluding carboxylic acids is 1. The van der Waals surface area contributed by atoms with Gasteiger partial charge in [0.25, 0.3) is 0 Å². The largest absolute Gasteiger partial charge is 0.494 e. The van der Waals surface area contributed by atoms with Gasteiger partial charge in [0.05, 0.1) is 12.2 Å². The number of likely N-dealkylation sites (N-methyl/N-ethyl adjacent to an activating group) is 1. The Balaban J connectivity index is 1.67. The normalized spacial score (nSPS) is 21.7. The summed E-state index contributed by atoms with van der Waals surface area (Å²) in [6.45, 7) is 3.87. The second-order valence-electron chi connectivity index (χ2n) is 6.58. The molecule has 1 saturated heterocycles. The molecule has 1 aromatic carbocycles. The molecule has 23 heavy (non-hydrogen) atoms. The quantitative estimate of drug-likeness (QED) is 0.684. The molecular weight excluding hydrogens is 294 g/mol.